The summed E-state index contributed by atoms with van der Waals surface area (Å²) in [4.78, 5) is 29.5. The van der Waals surface area contributed by atoms with E-state index in [0.717, 1.165) is 34.9 Å². The van der Waals surface area contributed by atoms with E-state index in [1.54, 1.807) is 0 Å². The van der Waals surface area contributed by atoms with Gasteiger partial charge < -0.3 is 10.3 Å². The molecule has 1 saturated heterocycles. The second-order valence-corrected chi connectivity index (χ2v) is 7.45. The van der Waals surface area contributed by atoms with Crippen LogP contribution in [0.4, 0.5) is 5.69 Å². The van der Waals surface area contributed by atoms with Crippen molar-refractivity contribution in [3.8, 4) is 11.3 Å². The molecule has 2 heterocycles. The summed E-state index contributed by atoms with van der Waals surface area (Å²) in [5, 5.41) is 2.76. The van der Waals surface area contributed by atoms with Gasteiger partial charge in [-0.2, -0.15) is 0 Å². The van der Waals surface area contributed by atoms with Gasteiger partial charge in [0, 0.05) is 30.1 Å². The molecule has 1 aromatic heterocycles. The standard InChI is InChI=1S/C18H23N3O2S/c1-12-5-3-4-10-21(12)11-16-17(20-18(23)24-16)14-6-8-15(9-7-14)19-13(2)22/h6-9,12H,3-5,10-11H2,1-2H3,(H,19,22)(H,20,23). The van der Waals surface area contributed by atoms with Crippen molar-refractivity contribution in [1.29, 1.82) is 0 Å². The maximum Gasteiger partial charge on any atom is 0.305 e. The summed E-state index contributed by atoms with van der Waals surface area (Å²) in [5.41, 5.74) is 2.63. The van der Waals surface area contributed by atoms with E-state index in [1.807, 2.05) is 24.3 Å². The van der Waals surface area contributed by atoms with Crippen LogP contribution in [0.2, 0.25) is 0 Å². The molecule has 1 aromatic carbocycles. The fourth-order valence-electron chi connectivity index (χ4n) is 3.21. The number of likely N-dealkylation sites (tertiary alicyclic amines) is 1. The predicted molar refractivity (Wildman–Crippen MR) is 98.4 cm³/mol. The van der Waals surface area contributed by atoms with Gasteiger partial charge in [-0.3, -0.25) is 14.5 Å². The lowest BCUT2D eigenvalue weighted by molar-refractivity contribution is -0.114. The molecule has 1 atom stereocenters. The highest BCUT2D eigenvalue weighted by atomic mass is 32.1. The van der Waals surface area contributed by atoms with Crippen molar-refractivity contribution in [2.75, 3.05) is 11.9 Å². The number of anilines is 1. The molecule has 24 heavy (non-hydrogen) atoms. The Labute approximate surface area is 145 Å². The number of benzene rings is 1. The van der Waals surface area contributed by atoms with Crippen molar-refractivity contribution in [1.82, 2.24) is 9.88 Å². The summed E-state index contributed by atoms with van der Waals surface area (Å²) in [6, 6.07) is 8.16. The molecule has 0 spiro atoms. The second kappa shape index (κ2) is 7.32. The molecular formula is C18H23N3O2S. The number of amides is 1. The van der Waals surface area contributed by atoms with Crippen LogP contribution in [0.1, 0.15) is 38.0 Å². The molecule has 3 rings (SSSR count). The first-order chi connectivity index (χ1) is 11.5. The van der Waals surface area contributed by atoms with Crippen LogP contribution in [0.5, 0.6) is 0 Å². The van der Waals surface area contributed by atoms with Gasteiger partial charge in [0.1, 0.15) is 0 Å². The molecule has 0 bridgehead atoms. The van der Waals surface area contributed by atoms with Crippen molar-refractivity contribution in [3.63, 3.8) is 0 Å². The van der Waals surface area contributed by atoms with Crippen LogP contribution in [0.3, 0.4) is 0 Å². The number of hydrogen-bond donors (Lipinski definition) is 2. The van der Waals surface area contributed by atoms with E-state index in [1.165, 1.54) is 37.5 Å². The number of rotatable bonds is 4. The lowest BCUT2D eigenvalue weighted by atomic mass is 10.0. The van der Waals surface area contributed by atoms with E-state index in [2.05, 4.69) is 22.1 Å². The van der Waals surface area contributed by atoms with Crippen molar-refractivity contribution in [2.24, 2.45) is 0 Å². The number of nitrogens with zero attached hydrogens (tertiary/aromatic N) is 1. The Kier molecular flexibility index (Phi) is 5.16. The number of carbonyl (C=O) groups excluding carboxylic acids is 1. The molecule has 2 aromatic rings. The third kappa shape index (κ3) is 3.94. The Morgan fingerprint density at radius 3 is 2.75 bits per heavy atom. The van der Waals surface area contributed by atoms with Gasteiger partial charge in [-0.1, -0.05) is 29.9 Å². The quantitative estimate of drug-likeness (QED) is 0.892. The number of piperidine rings is 1. The first-order valence-corrected chi connectivity index (χ1v) is 9.18. The predicted octanol–water partition coefficient (Wildman–Crippen LogP) is 3.44. The molecule has 1 aliphatic rings. The van der Waals surface area contributed by atoms with Crippen molar-refractivity contribution in [3.05, 3.63) is 38.8 Å². The highest BCUT2D eigenvalue weighted by molar-refractivity contribution is 7.09. The van der Waals surface area contributed by atoms with Crippen LogP contribution in [0.25, 0.3) is 11.3 Å². The molecule has 128 valence electrons. The lowest BCUT2D eigenvalue weighted by Gasteiger charge is -2.33. The van der Waals surface area contributed by atoms with Gasteiger partial charge >= 0.3 is 4.87 Å². The average molecular weight is 345 g/mol. The molecule has 0 saturated carbocycles. The molecule has 1 aliphatic heterocycles. The Balaban J connectivity index is 1.83. The summed E-state index contributed by atoms with van der Waals surface area (Å²) in [7, 11) is 0. The van der Waals surface area contributed by atoms with Gasteiger partial charge in [0.05, 0.1) is 5.69 Å². The highest BCUT2D eigenvalue weighted by Gasteiger charge is 2.21. The van der Waals surface area contributed by atoms with E-state index in [4.69, 9.17) is 0 Å². The van der Waals surface area contributed by atoms with Gasteiger partial charge in [0.2, 0.25) is 5.91 Å². The summed E-state index contributed by atoms with van der Waals surface area (Å²) in [6.07, 6.45) is 3.74. The van der Waals surface area contributed by atoms with E-state index < -0.39 is 0 Å². The number of aromatic amines is 1. The Morgan fingerprint density at radius 1 is 1.33 bits per heavy atom. The number of H-pyrrole nitrogens is 1. The van der Waals surface area contributed by atoms with Crippen LogP contribution in [0.15, 0.2) is 29.1 Å². The van der Waals surface area contributed by atoms with Crippen molar-refractivity contribution >= 4 is 22.9 Å². The van der Waals surface area contributed by atoms with E-state index in [-0.39, 0.29) is 10.8 Å². The van der Waals surface area contributed by atoms with Crippen LogP contribution in [0, 0.1) is 0 Å². The fourth-order valence-corrected chi connectivity index (χ4v) is 4.08. The number of thiazole rings is 1. The third-order valence-corrected chi connectivity index (χ3v) is 5.37. The highest BCUT2D eigenvalue weighted by Crippen LogP contribution is 2.28. The Bertz CT molecular complexity index is 763. The molecule has 2 N–H and O–H groups in total. The van der Waals surface area contributed by atoms with Gasteiger partial charge in [0.25, 0.3) is 0 Å². The van der Waals surface area contributed by atoms with Crippen molar-refractivity contribution in [2.45, 2.75) is 45.7 Å². The zero-order valence-electron chi connectivity index (χ0n) is 14.1. The van der Waals surface area contributed by atoms with Gasteiger partial charge in [-0.15, -0.1) is 0 Å². The lowest BCUT2D eigenvalue weighted by Crippen LogP contribution is -2.36. The second-order valence-electron chi connectivity index (χ2n) is 6.39. The van der Waals surface area contributed by atoms with E-state index in [9.17, 15) is 9.59 Å². The van der Waals surface area contributed by atoms with Gasteiger partial charge in [0.15, 0.2) is 0 Å². The monoisotopic (exact) mass is 345 g/mol. The SMILES string of the molecule is CC(=O)Nc1ccc(-c2[nH]c(=O)sc2CN2CCCCC2C)cc1. The summed E-state index contributed by atoms with van der Waals surface area (Å²) >= 11 is 1.30. The van der Waals surface area contributed by atoms with E-state index >= 15 is 0 Å². The minimum atomic E-state index is -0.0912. The Hall–Kier alpha value is -1.92. The average Bonchev–Trinajstić information content (AvgIpc) is 2.90. The number of aromatic nitrogens is 1. The first kappa shape index (κ1) is 16.9. The fraction of sp³-hybridized carbons (Fsp3) is 0.444. The zero-order valence-corrected chi connectivity index (χ0v) is 14.9. The minimum absolute atomic E-state index is 0.0180. The van der Waals surface area contributed by atoms with Crippen molar-refractivity contribution < 1.29 is 4.79 Å². The molecule has 1 amide bonds. The van der Waals surface area contributed by atoms with Crippen LogP contribution < -0.4 is 10.2 Å². The largest absolute Gasteiger partial charge is 0.326 e. The van der Waals surface area contributed by atoms with Crippen LogP contribution >= 0.6 is 11.3 Å². The van der Waals surface area contributed by atoms with Gasteiger partial charge in [-0.25, -0.2) is 0 Å². The van der Waals surface area contributed by atoms with Gasteiger partial charge in [-0.05, 0) is 44.0 Å². The van der Waals surface area contributed by atoms with Crippen LogP contribution in [-0.2, 0) is 11.3 Å². The summed E-state index contributed by atoms with van der Waals surface area (Å²) < 4.78 is 0. The molecule has 1 unspecified atom stereocenters. The topological polar surface area (TPSA) is 65.2 Å². The molecule has 1 fully saturated rings. The summed E-state index contributed by atoms with van der Waals surface area (Å²) in [6.45, 7) is 5.65. The maximum absolute atomic E-state index is 11.9. The zero-order chi connectivity index (χ0) is 17.1. The Morgan fingerprint density at radius 2 is 2.08 bits per heavy atom. The van der Waals surface area contributed by atoms with Crippen LogP contribution in [-0.4, -0.2) is 28.4 Å². The third-order valence-electron chi connectivity index (χ3n) is 4.50. The maximum atomic E-state index is 11.9. The molecule has 0 radical (unpaired) electrons. The number of nitrogens with one attached hydrogen (secondary N) is 2. The minimum Gasteiger partial charge on any atom is -0.326 e. The van der Waals surface area contributed by atoms with E-state index in [0.29, 0.717) is 6.04 Å². The normalized spacial score (nSPS) is 18.5. The smallest absolute Gasteiger partial charge is 0.305 e. The number of hydrogen-bond acceptors (Lipinski definition) is 4. The molecular weight excluding hydrogens is 322 g/mol. The summed E-state index contributed by atoms with van der Waals surface area (Å²) in [5.74, 6) is -0.0912. The molecule has 6 heteroatoms. The molecule has 0 aliphatic carbocycles. The number of carbonyl (C=O) groups is 1. The molecule has 5 nitrogen and oxygen atoms in total. The first-order valence-electron chi connectivity index (χ1n) is 8.37.